The van der Waals surface area contributed by atoms with Gasteiger partial charge < -0.3 is 10.1 Å². The van der Waals surface area contributed by atoms with E-state index < -0.39 is 0 Å². The van der Waals surface area contributed by atoms with Crippen LogP contribution in [-0.2, 0) is 0 Å². The molecule has 16 heavy (non-hydrogen) atoms. The summed E-state index contributed by atoms with van der Waals surface area (Å²) in [6, 6.07) is 5.57. The van der Waals surface area contributed by atoms with Crippen molar-refractivity contribution in [2.75, 3.05) is 19.7 Å². The predicted octanol–water partition coefficient (Wildman–Crippen LogP) is 2.84. The van der Waals surface area contributed by atoms with E-state index in [1.54, 1.807) is 0 Å². The van der Waals surface area contributed by atoms with E-state index in [-0.39, 0.29) is 0 Å². The van der Waals surface area contributed by atoms with E-state index in [0.29, 0.717) is 5.02 Å². The molecule has 4 heteroatoms. The molecule has 0 saturated carbocycles. The topological polar surface area (TPSA) is 25.8 Å². The molecule has 0 atom stereocenters. The maximum Gasteiger partial charge on any atom is 0.137 e. The van der Waals surface area contributed by atoms with Gasteiger partial charge in [0.1, 0.15) is 18.9 Å². The largest absolute Gasteiger partial charge is 0.487 e. The molecule has 0 aromatic heterocycles. The Morgan fingerprint density at radius 1 is 1.38 bits per heavy atom. The molecule has 0 amide bonds. The van der Waals surface area contributed by atoms with Gasteiger partial charge in [-0.15, -0.1) is 0 Å². The lowest BCUT2D eigenvalue weighted by Gasteiger charge is -2.07. The third-order valence-corrected chi connectivity index (χ3v) is 3.09. The SMILES string of the molecule is CCCC[NH2+]CCOc1ccc(Cl)cc1Br. The lowest BCUT2D eigenvalue weighted by Crippen LogP contribution is -2.85. The van der Waals surface area contributed by atoms with Crippen molar-refractivity contribution >= 4 is 27.5 Å². The Bertz CT molecular complexity index is 320. The van der Waals surface area contributed by atoms with Crippen LogP contribution < -0.4 is 10.1 Å². The van der Waals surface area contributed by atoms with Gasteiger partial charge in [0.05, 0.1) is 11.0 Å². The summed E-state index contributed by atoms with van der Waals surface area (Å²) >= 11 is 9.27. The van der Waals surface area contributed by atoms with E-state index >= 15 is 0 Å². The van der Waals surface area contributed by atoms with E-state index in [9.17, 15) is 0 Å². The molecule has 0 saturated heterocycles. The lowest BCUT2D eigenvalue weighted by atomic mass is 10.3. The van der Waals surface area contributed by atoms with Crippen LogP contribution in [0.2, 0.25) is 5.02 Å². The maximum atomic E-state index is 5.84. The number of quaternary nitrogens is 1. The Balaban J connectivity index is 2.21. The Hall–Kier alpha value is -0.250. The van der Waals surface area contributed by atoms with Crippen LogP contribution in [0.4, 0.5) is 0 Å². The summed E-state index contributed by atoms with van der Waals surface area (Å²) in [4.78, 5) is 0. The zero-order valence-corrected chi connectivity index (χ0v) is 11.9. The van der Waals surface area contributed by atoms with Gasteiger partial charge in [0.2, 0.25) is 0 Å². The molecule has 0 unspecified atom stereocenters. The Labute approximate surface area is 110 Å². The van der Waals surface area contributed by atoms with Gasteiger partial charge in [-0.25, -0.2) is 0 Å². The number of nitrogens with two attached hydrogens (primary N) is 1. The normalized spacial score (nSPS) is 10.4. The molecule has 1 aromatic rings. The van der Waals surface area contributed by atoms with Crippen LogP contribution in [0, 0.1) is 0 Å². The molecule has 0 radical (unpaired) electrons. The van der Waals surface area contributed by atoms with Gasteiger partial charge in [0, 0.05) is 5.02 Å². The highest BCUT2D eigenvalue weighted by molar-refractivity contribution is 9.10. The first-order chi connectivity index (χ1) is 7.74. The number of halogens is 2. The van der Waals surface area contributed by atoms with Crippen LogP contribution in [0.3, 0.4) is 0 Å². The quantitative estimate of drug-likeness (QED) is 0.770. The van der Waals surface area contributed by atoms with Crippen molar-refractivity contribution in [2.45, 2.75) is 19.8 Å². The molecule has 1 rings (SSSR count). The fourth-order valence-corrected chi connectivity index (χ4v) is 2.13. The van der Waals surface area contributed by atoms with Crippen molar-refractivity contribution in [1.82, 2.24) is 0 Å². The minimum Gasteiger partial charge on any atom is -0.487 e. The molecule has 0 aliphatic heterocycles. The summed E-state index contributed by atoms with van der Waals surface area (Å²) in [6.45, 7) is 5.11. The number of unbranched alkanes of at least 4 members (excludes halogenated alkanes) is 1. The van der Waals surface area contributed by atoms with E-state index in [4.69, 9.17) is 16.3 Å². The van der Waals surface area contributed by atoms with Gasteiger partial charge in [-0.1, -0.05) is 24.9 Å². The van der Waals surface area contributed by atoms with Gasteiger partial charge in [-0.2, -0.15) is 0 Å². The second-order valence-corrected chi connectivity index (χ2v) is 4.93. The monoisotopic (exact) mass is 306 g/mol. The summed E-state index contributed by atoms with van der Waals surface area (Å²) < 4.78 is 6.55. The molecule has 0 spiro atoms. The Morgan fingerprint density at radius 3 is 2.88 bits per heavy atom. The summed E-state index contributed by atoms with van der Waals surface area (Å²) in [5.74, 6) is 0.855. The predicted molar refractivity (Wildman–Crippen MR) is 71.2 cm³/mol. The molecule has 0 fully saturated rings. The third kappa shape index (κ3) is 5.19. The van der Waals surface area contributed by atoms with E-state index in [1.165, 1.54) is 19.4 Å². The number of rotatable bonds is 7. The van der Waals surface area contributed by atoms with Crippen molar-refractivity contribution < 1.29 is 10.1 Å². The van der Waals surface area contributed by atoms with Gasteiger partial charge in [-0.05, 0) is 40.5 Å². The van der Waals surface area contributed by atoms with Crippen molar-refractivity contribution in [2.24, 2.45) is 0 Å². The molecule has 1 aromatic carbocycles. The van der Waals surface area contributed by atoms with E-state index in [1.807, 2.05) is 18.2 Å². The third-order valence-electron chi connectivity index (χ3n) is 2.24. The summed E-state index contributed by atoms with van der Waals surface area (Å²) in [6.07, 6.45) is 2.52. The molecule has 2 N–H and O–H groups in total. The van der Waals surface area contributed by atoms with Gasteiger partial charge in [0.15, 0.2) is 0 Å². The minimum atomic E-state index is 0.716. The standard InChI is InChI=1S/C12H17BrClNO/c1-2-3-6-15-7-8-16-12-5-4-10(14)9-11(12)13/h4-5,9,15H,2-3,6-8H2,1H3/p+1. The molecule has 0 aliphatic carbocycles. The first-order valence-electron chi connectivity index (χ1n) is 5.63. The van der Waals surface area contributed by atoms with E-state index in [0.717, 1.165) is 23.4 Å². The van der Waals surface area contributed by atoms with Crippen LogP contribution >= 0.6 is 27.5 Å². The molecule has 0 bridgehead atoms. The Kier molecular flexibility index (Phi) is 6.85. The first-order valence-corrected chi connectivity index (χ1v) is 6.80. The minimum absolute atomic E-state index is 0.716. The van der Waals surface area contributed by atoms with Crippen LogP contribution in [0.5, 0.6) is 5.75 Å². The highest BCUT2D eigenvalue weighted by atomic mass is 79.9. The number of benzene rings is 1. The van der Waals surface area contributed by atoms with Crippen molar-refractivity contribution in [1.29, 1.82) is 0 Å². The molecule has 0 heterocycles. The molecule has 2 nitrogen and oxygen atoms in total. The number of ether oxygens (including phenoxy) is 1. The maximum absolute atomic E-state index is 5.84. The van der Waals surface area contributed by atoms with Gasteiger partial charge in [-0.3, -0.25) is 0 Å². The van der Waals surface area contributed by atoms with Crippen LogP contribution in [0.1, 0.15) is 19.8 Å². The zero-order valence-electron chi connectivity index (χ0n) is 9.51. The van der Waals surface area contributed by atoms with Crippen LogP contribution in [0.25, 0.3) is 0 Å². The van der Waals surface area contributed by atoms with E-state index in [2.05, 4.69) is 28.2 Å². The average molecular weight is 308 g/mol. The van der Waals surface area contributed by atoms with Crippen molar-refractivity contribution in [3.05, 3.63) is 27.7 Å². The second kappa shape index (κ2) is 7.93. The molecule has 90 valence electrons. The first kappa shape index (κ1) is 13.8. The summed E-state index contributed by atoms with van der Waals surface area (Å²) in [5, 5.41) is 3.00. The highest BCUT2D eigenvalue weighted by Gasteiger charge is 2.01. The number of hydrogen-bond acceptors (Lipinski definition) is 1. The molecular weight excluding hydrogens is 289 g/mol. The lowest BCUT2D eigenvalue weighted by molar-refractivity contribution is -0.655. The van der Waals surface area contributed by atoms with Crippen LogP contribution in [-0.4, -0.2) is 19.7 Å². The van der Waals surface area contributed by atoms with Crippen LogP contribution in [0.15, 0.2) is 22.7 Å². The summed E-state index contributed by atoms with van der Waals surface area (Å²) in [5.41, 5.74) is 0. The fraction of sp³-hybridized carbons (Fsp3) is 0.500. The fourth-order valence-electron chi connectivity index (χ4n) is 1.34. The van der Waals surface area contributed by atoms with Crippen molar-refractivity contribution in [3.63, 3.8) is 0 Å². The molecule has 0 aliphatic rings. The average Bonchev–Trinajstić information content (AvgIpc) is 2.26. The summed E-state index contributed by atoms with van der Waals surface area (Å²) in [7, 11) is 0. The van der Waals surface area contributed by atoms with Gasteiger partial charge in [0.25, 0.3) is 0 Å². The van der Waals surface area contributed by atoms with Gasteiger partial charge >= 0.3 is 0 Å². The smallest absolute Gasteiger partial charge is 0.137 e. The Morgan fingerprint density at radius 2 is 2.19 bits per heavy atom. The zero-order chi connectivity index (χ0) is 11.8. The van der Waals surface area contributed by atoms with Crippen molar-refractivity contribution in [3.8, 4) is 5.75 Å². The highest BCUT2D eigenvalue weighted by Crippen LogP contribution is 2.27. The number of hydrogen-bond donors (Lipinski definition) is 1. The molecular formula is C12H18BrClNO+. The second-order valence-electron chi connectivity index (χ2n) is 3.64.